The largest absolute Gasteiger partial charge is 0.481 e. The van der Waals surface area contributed by atoms with E-state index in [4.69, 9.17) is 16.7 Å². The van der Waals surface area contributed by atoms with Crippen molar-refractivity contribution in [2.75, 3.05) is 0 Å². The molecule has 1 aromatic carbocycles. The molecule has 1 amide bonds. The molecule has 0 aromatic heterocycles. The maximum absolute atomic E-state index is 11.9. The third kappa shape index (κ3) is 6.25. The summed E-state index contributed by atoms with van der Waals surface area (Å²) in [5.74, 6) is -1.00. The molecule has 0 saturated carbocycles. The summed E-state index contributed by atoms with van der Waals surface area (Å²) in [4.78, 5) is 22.4. The summed E-state index contributed by atoms with van der Waals surface area (Å²) in [6, 6.07) is 7.11. The summed E-state index contributed by atoms with van der Waals surface area (Å²) in [6.45, 7) is 3.62. The van der Waals surface area contributed by atoms with Crippen molar-refractivity contribution in [1.29, 1.82) is 0 Å². The first-order valence-electron chi connectivity index (χ1n) is 6.06. The lowest BCUT2D eigenvalue weighted by Gasteiger charge is -2.25. The number of hydrogen-bond donors (Lipinski definition) is 2. The molecule has 0 aliphatic heterocycles. The lowest BCUT2D eigenvalue weighted by atomic mass is 9.98. The minimum absolute atomic E-state index is 0.0322. The second-order valence-electron chi connectivity index (χ2n) is 5.13. The minimum Gasteiger partial charge on any atom is -0.481 e. The van der Waals surface area contributed by atoms with E-state index in [1.54, 1.807) is 18.2 Å². The molecule has 0 radical (unpaired) electrons. The molecule has 0 saturated heterocycles. The van der Waals surface area contributed by atoms with Crippen LogP contribution in [-0.2, 0) is 16.0 Å². The molecule has 0 spiro atoms. The number of hydrogen-bond acceptors (Lipinski definition) is 2. The Kier molecular flexibility index (Phi) is 5.36. The number of carbonyl (C=O) groups excluding carboxylic acids is 1. The van der Waals surface area contributed by atoms with Gasteiger partial charge in [0, 0.05) is 17.0 Å². The average Bonchev–Trinajstić information content (AvgIpc) is 2.25. The monoisotopic (exact) mass is 283 g/mol. The van der Waals surface area contributed by atoms with Gasteiger partial charge < -0.3 is 10.4 Å². The van der Waals surface area contributed by atoms with Crippen molar-refractivity contribution in [3.63, 3.8) is 0 Å². The lowest BCUT2D eigenvalue weighted by Crippen LogP contribution is -2.44. The van der Waals surface area contributed by atoms with Crippen LogP contribution in [0.5, 0.6) is 0 Å². The molecule has 0 unspecified atom stereocenters. The van der Waals surface area contributed by atoms with Gasteiger partial charge >= 0.3 is 5.97 Å². The molecule has 2 N–H and O–H groups in total. The van der Waals surface area contributed by atoms with Crippen LogP contribution in [0.15, 0.2) is 24.3 Å². The number of rotatable bonds is 6. The van der Waals surface area contributed by atoms with Crippen LogP contribution in [0.2, 0.25) is 5.02 Å². The molecular formula is C14H18ClNO3. The SMILES string of the molecule is CC(C)(CCC(=O)O)NC(=O)Cc1cccc(Cl)c1. The van der Waals surface area contributed by atoms with Crippen LogP contribution in [-0.4, -0.2) is 22.5 Å². The summed E-state index contributed by atoms with van der Waals surface area (Å²) in [7, 11) is 0. The Morgan fingerprint density at radius 2 is 2.05 bits per heavy atom. The predicted octanol–water partition coefficient (Wildman–Crippen LogP) is 2.64. The van der Waals surface area contributed by atoms with Gasteiger partial charge in [0.2, 0.25) is 5.91 Å². The lowest BCUT2D eigenvalue weighted by molar-refractivity contribution is -0.137. The van der Waals surface area contributed by atoms with Crippen molar-refractivity contribution in [1.82, 2.24) is 5.32 Å². The van der Waals surface area contributed by atoms with Gasteiger partial charge in [0.25, 0.3) is 0 Å². The fourth-order valence-corrected chi connectivity index (χ4v) is 1.95. The van der Waals surface area contributed by atoms with Gasteiger partial charge in [-0.2, -0.15) is 0 Å². The fourth-order valence-electron chi connectivity index (χ4n) is 1.74. The fraction of sp³-hybridized carbons (Fsp3) is 0.429. The first kappa shape index (κ1) is 15.5. The van der Waals surface area contributed by atoms with Crippen molar-refractivity contribution in [3.05, 3.63) is 34.9 Å². The van der Waals surface area contributed by atoms with Gasteiger partial charge in [0.15, 0.2) is 0 Å². The standard InChI is InChI=1S/C14H18ClNO3/c1-14(2,7-6-13(18)19)16-12(17)9-10-4-3-5-11(15)8-10/h3-5,8H,6-7,9H2,1-2H3,(H,16,17)(H,18,19). The zero-order chi connectivity index (χ0) is 14.5. The van der Waals surface area contributed by atoms with Crippen molar-refractivity contribution in [2.24, 2.45) is 0 Å². The molecule has 1 aromatic rings. The Morgan fingerprint density at radius 3 is 2.63 bits per heavy atom. The molecule has 0 bridgehead atoms. The summed E-state index contributed by atoms with van der Waals surface area (Å²) < 4.78 is 0. The minimum atomic E-state index is -0.864. The van der Waals surface area contributed by atoms with Gasteiger partial charge in [-0.1, -0.05) is 23.7 Å². The number of halogens is 1. The molecule has 104 valence electrons. The van der Waals surface area contributed by atoms with Crippen LogP contribution in [0.3, 0.4) is 0 Å². The second-order valence-corrected chi connectivity index (χ2v) is 5.57. The quantitative estimate of drug-likeness (QED) is 0.843. The van der Waals surface area contributed by atoms with E-state index in [1.165, 1.54) is 0 Å². The molecule has 0 aliphatic carbocycles. The second kappa shape index (κ2) is 6.57. The topological polar surface area (TPSA) is 66.4 Å². The van der Waals surface area contributed by atoms with Crippen LogP contribution in [0.1, 0.15) is 32.3 Å². The third-order valence-electron chi connectivity index (χ3n) is 2.70. The maximum Gasteiger partial charge on any atom is 0.303 e. The molecule has 0 aliphatic rings. The molecule has 19 heavy (non-hydrogen) atoms. The third-order valence-corrected chi connectivity index (χ3v) is 2.93. The van der Waals surface area contributed by atoms with E-state index in [1.807, 2.05) is 19.9 Å². The Bertz CT molecular complexity index is 472. The highest BCUT2D eigenvalue weighted by Crippen LogP contribution is 2.14. The molecule has 0 atom stereocenters. The van der Waals surface area contributed by atoms with Gasteiger partial charge in [0.1, 0.15) is 0 Å². The van der Waals surface area contributed by atoms with Crippen LogP contribution in [0.25, 0.3) is 0 Å². The van der Waals surface area contributed by atoms with E-state index < -0.39 is 11.5 Å². The highest BCUT2D eigenvalue weighted by molar-refractivity contribution is 6.30. The van der Waals surface area contributed by atoms with E-state index in [0.29, 0.717) is 11.4 Å². The van der Waals surface area contributed by atoms with Gasteiger partial charge in [0.05, 0.1) is 6.42 Å². The van der Waals surface area contributed by atoms with Gasteiger partial charge in [-0.05, 0) is 38.0 Å². The Morgan fingerprint density at radius 1 is 1.37 bits per heavy atom. The van der Waals surface area contributed by atoms with Crippen LogP contribution in [0.4, 0.5) is 0 Å². The zero-order valence-corrected chi connectivity index (χ0v) is 11.8. The molecular weight excluding hydrogens is 266 g/mol. The number of aliphatic carboxylic acids is 1. The first-order chi connectivity index (χ1) is 8.78. The maximum atomic E-state index is 11.9. The van der Waals surface area contributed by atoms with E-state index in [0.717, 1.165) is 5.56 Å². The summed E-state index contributed by atoms with van der Waals surface area (Å²) in [6.07, 6.45) is 0.658. The van der Waals surface area contributed by atoms with Gasteiger partial charge in [-0.15, -0.1) is 0 Å². The van der Waals surface area contributed by atoms with Crippen LogP contribution < -0.4 is 5.32 Å². The van der Waals surface area contributed by atoms with Crippen LogP contribution >= 0.6 is 11.6 Å². The number of amides is 1. The number of nitrogens with one attached hydrogen (secondary N) is 1. The van der Waals surface area contributed by atoms with E-state index >= 15 is 0 Å². The van der Waals surface area contributed by atoms with Gasteiger partial charge in [-0.3, -0.25) is 9.59 Å². The molecule has 5 heteroatoms. The summed E-state index contributed by atoms with van der Waals surface area (Å²) in [5, 5.41) is 12.1. The van der Waals surface area contributed by atoms with Crippen LogP contribution in [0, 0.1) is 0 Å². The molecule has 0 fully saturated rings. The Hall–Kier alpha value is -1.55. The van der Waals surface area contributed by atoms with Crippen molar-refractivity contribution in [2.45, 2.75) is 38.6 Å². The van der Waals surface area contributed by atoms with Crippen molar-refractivity contribution >= 4 is 23.5 Å². The Balaban J connectivity index is 2.52. The van der Waals surface area contributed by atoms with Crippen molar-refractivity contribution in [3.8, 4) is 0 Å². The van der Waals surface area contributed by atoms with Crippen molar-refractivity contribution < 1.29 is 14.7 Å². The van der Waals surface area contributed by atoms with E-state index in [-0.39, 0.29) is 18.7 Å². The number of carbonyl (C=O) groups is 2. The molecule has 0 heterocycles. The number of benzene rings is 1. The van der Waals surface area contributed by atoms with Gasteiger partial charge in [-0.25, -0.2) is 0 Å². The smallest absolute Gasteiger partial charge is 0.303 e. The molecule has 1 rings (SSSR count). The summed E-state index contributed by atoms with van der Waals surface area (Å²) in [5.41, 5.74) is 0.299. The highest BCUT2D eigenvalue weighted by atomic mass is 35.5. The first-order valence-corrected chi connectivity index (χ1v) is 6.43. The number of carboxylic acids is 1. The normalized spacial score (nSPS) is 11.1. The molecule has 4 nitrogen and oxygen atoms in total. The predicted molar refractivity (Wildman–Crippen MR) is 74.2 cm³/mol. The summed E-state index contributed by atoms with van der Waals surface area (Å²) >= 11 is 5.85. The Labute approximate surface area is 117 Å². The van der Waals surface area contributed by atoms with E-state index in [2.05, 4.69) is 5.32 Å². The number of carboxylic acid groups (broad SMARTS) is 1. The van der Waals surface area contributed by atoms with E-state index in [9.17, 15) is 9.59 Å². The zero-order valence-electron chi connectivity index (χ0n) is 11.1. The highest BCUT2D eigenvalue weighted by Gasteiger charge is 2.21. The average molecular weight is 284 g/mol.